The van der Waals surface area contributed by atoms with E-state index in [0.717, 1.165) is 42.6 Å². The zero-order chi connectivity index (χ0) is 13.9. The van der Waals surface area contributed by atoms with Crippen molar-refractivity contribution in [3.63, 3.8) is 0 Å². The fourth-order valence-corrected chi connectivity index (χ4v) is 2.66. The number of fused-ring (bicyclic) bond motifs is 1. The minimum Gasteiger partial charge on any atom is -0.398 e. The molecule has 1 aromatic heterocycles. The van der Waals surface area contributed by atoms with Crippen molar-refractivity contribution in [2.75, 3.05) is 18.9 Å². The second kappa shape index (κ2) is 5.54. The number of nitrogens with one attached hydrogen (secondary N) is 1. The minimum atomic E-state index is 0.0387. The van der Waals surface area contributed by atoms with E-state index in [-0.39, 0.29) is 11.9 Å². The fraction of sp³-hybridized carbons (Fsp3) is 0.400. The van der Waals surface area contributed by atoms with Gasteiger partial charge in [-0.05, 0) is 31.0 Å². The number of nitrogens with zero attached hydrogens (tertiary/aromatic N) is 1. The second-order valence-electron chi connectivity index (χ2n) is 5.18. The van der Waals surface area contributed by atoms with Crippen molar-refractivity contribution >= 4 is 22.5 Å². The molecule has 1 aliphatic heterocycles. The normalized spacial score (nSPS) is 16.4. The molecule has 0 spiro atoms. The van der Waals surface area contributed by atoms with Gasteiger partial charge in [-0.2, -0.15) is 0 Å². The molecular formula is C15H19N3O2. The minimum absolute atomic E-state index is 0.0387. The molecule has 5 heteroatoms. The van der Waals surface area contributed by atoms with E-state index in [0.29, 0.717) is 6.54 Å². The highest BCUT2D eigenvalue weighted by molar-refractivity contribution is 5.92. The van der Waals surface area contributed by atoms with Crippen LogP contribution in [-0.4, -0.2) is 29.7 Å². The molecule has 0 atom stereocenters. The first-order valence-electron chi connectivity index (χ1n) is 6.94. The van der Waals surface area contributed by atoms with Crippen LogP contribution in [0.2, 0.25) is 0 Å². The summed E-state index contributed by atoms with van der Waals surface area (Å²) in [6.45, 7) is 1.78. The molecule has 1 fully saturated rings. The lowest BCUT2D eigenvalue weighted by molar-refractivity contribution is -0.122. The quantitative estimate of drug-likeness (QED) is 0.833. The van der Waals surface area contributed by atoms with Crippen LogP contribution in [0.5, 0.6) is 0 Å². The lowest BCUT2D eigenvalue weighted by Gasteiger charge is -2.23. The van der Waals surface area contributed by atoms with Crippen LogP contribution in [0.4, 0.5) is 5.69 Å². The van der Waals surface area contributed by atoms with Crippen molar-refractivity contribution in [1.82, 2.24) is 9.88 Å². The van der Waals surface area contributed by atoms with Gasteiger partial charge in [0, 0.05) is 36.5 Å². The van der Waals surface area contributed by atoms with Crippen LogP contribution in [0, 0.1) is 0 Å². The summed E-state index contributed by atoms with van der Waals surface area (Å²) < 4.78 is 7.22. The predicted octanol–water partition coefficient (Wildman–Crippen LogP) is 1.52. The van der Waals surface area contributed by atoms with Gasteiger partial charge in [-0.15, -0.1) is 0 Å². The van der Waals surface area contributed by atoms with Crippen molar-refractivity contribution in [3.8, 4) is 0 Å². The Hall–Kier alpha value is -2.01. The van der Waals surface area contributed by atoms with Crippen LogP contribution in [0.15, 0.2) is 30.5 Å². The Bertz CT molecular complexity index is 615. The molecule has 1 amide bonds. The molecule has 20 heavy (non-hydrogen) atoms. The first kappa shape index (κ1) is 13.0. The van der Waals surface area contributed by atoms with Crippen LogP contribution in [0.3, 0.4) is 0 Å². The number of benzene rings is 1. The lowest BCUT2D eigenvalue weighted by Crippen LogP contribution is -2.40. The average Bonchev–Trinajstić information content (AvgIpc) is 2.84. The van der Waals surface area contributed by atoms with Crippen molar-refractivity contribution in [2.24, 2.45) is 0 Å². The highest BCUT2D eigenvalue weighted by Gasteiger charge is 2.16. The lowest BCUT2D eigenvalue weighted by atomic mass is 10.1. The number of anilines is 1. The Morgan fingerprint density at radius 2 is 2.15 bits per heavy atom. The summed E-state index contributed by atoms with van der Waals surface area (Å²) in [6.07, 6.45) is 3.70. The fourth-order valence-electron chi connectivity index (χ4n) is 2.66. The Kier molecular flexibility index (Phi) is 3.60. The molecule has 1 saturated heterocycles. The van der Waals surface area contributed by atoms with Crippen molar-refractivity contribution < 1.29 is 9.53 Å². The molecule has 0 radical (unpaired) electrons. The molecule has 3 rings (SSSR count). The van der Waals surface area contributed by atoms with E-state index >= 15 is 0 Å². The highest BCUT2D eigenvalue weighted by atomic mass is 16.5. The van der Waals surface area contributed by atoms with Crippen molar-refractivity contribution in [2.45, 2.75) is 25.4 Å². The smallest absolute Gasteiger partial charge is 0.240 e. The second-order valence-corrected chi connectivity index (χ2v) is 5.18. The first-order chi connectivity index (χ1) is 9.74. The van der Waals surface area contributed by atoms with Crippen LogP contribution in [-0.2, 0) is 16.1 Å². The van der Waals surface area contributed by atoms with E-state index in [9.17, 15) is 4.79 Å². The summed E-state index contributed by atoms with van der Waals surface area (Å²) in [5.74, 6) is 0.0387. The number of aromatic nitrogens is 1. The topological polar surface area (TPSA) is 69.3 Å². The van der Waals surface area contributed by atoms with Gasteiger partial charge < -0.3 is 20.4 Å². The summed E-state index contributed by atoms with van der Waals surface area (Å²) in [6, 6.07) is 7.95. The molecule has 2 heterocycles. The van der Waals surface area contributed by atoms with E-state index in [1.165, 1.54) is 0 Å². The maximum atomic E-state index is 12.1. The van der Waals surface area contributed by atoms with Gasteiger partial charge in [-0.25, -0.2) is 0 Å². The van der Waals surface area contributed by atoms with Crippen molar-refractivity contribution in [3.05, 3.63) is 30.5 Å². The number of rotatable bonds is 3. The van der Waals surface area contributed by atoms with Gasteiger partial charge in [0.2, 0.25) is 5.91 Å². The number of hydrogen-bond donors (Lipinski definition) is 2. The summed E-state index contributed by atoms with van der Waals surface area (Å²) in [5.41, 5.74) is 7.66. The van der Waals surface area contributed by atoms with Gasteiger partial charge in [0.1, 0.15) is 6.54 Å². The number of carbonyl (C=O) groups excluding carboxylic acids is 1. The highest BCUT2D eigenvalue weighted by Crippen LogP contribution is 2.21. The number of hydrogen-bond acceptors (Lipinski definition) is 3. The van der Waals surface area contributed by atoms with E-state index < -0.39 is 0 Å². The Balaban J connectivity index is 1.69. The Morgan fingerprint density at radius 3 is 2.95 bits per heavy atom. The van der Waals surface area contributed by atoms with E-state index in [2.05, 4.69) is 5.32 Å². The van der Waals surface area contributed by atoms with Crippen LogP contribution in [0.25, 0.3) is 10.9 Å². The maximum Gasteiger partial charge on any atom is 0.240 e. The van der Waals surface area contributed by atoms with E-state index in [1.54, 1.807) is 0 Å². The van der Waals surface area contributed by atoms with Gasteiger partial charge in [-0.3, -0.25) is 4.79 Å². The third-order valence-electron chi connectivity index (χ3n) is 3.75. The molecule has 0 aliphatic carbocycles. The van der Waals surface area contributed by atoms with Gasteiger partial charge in [0.25, 0.3) is 0 Å². The average molecular weight is 273 g/mol. The number of ether oxygens (including phenoxy) is 1. The molecular weight excluding hydrogens is 254 g/mol. The number of amides is 1. The van der Waals surface area contributed by atoms with Crippen LogP contribution in [0.1, 0.15) is 12.8 Å². The van der Waals surface area contributed by atoms with Gasteiger partial charge >= 0.3 is 0 Å². The third-order valence-corrected chi connectivity index (χ3v) is 3.75. The number of nitrogens with two attached hydrogens (primary N) is 1. The summed E-state index contributed by atoms with van der Waals surface area (Å²) in [7, 11) is 0. The standard InChI is InChI=1S/C15H19N3O2/c16-13-2-1-3-14-12(13)4-7-18(14)10-15(19)17-11-5-8-20-9-6-11/h1-4,7,11H,5-6,8-10,16H2,(H,17,19). The summed E-state index contributed by atoms with van der Waals surface area (Å²) >= 11 is 0. The zero-order valence-electron chi connectivity index (χ0n) is 11.3. The predicted molar refractivity (Wildman–Crippen MR) is 78.3 cm³/mol. The molecule has 1 aliphatic rings. The van der Waals surface area contributed by atoms with E-state index in [4.69, 9.17) is 10.5 Å². The zero-order valence-corrected chi connectivity index (χ0v) is 11.3. The van der Waals surface area contributed by atoms with Gasteiger partial charge in [0.05, 0.1) is 5.52 Å². The largest absolute Gasteiger partial charge is 0.398 e. The van der Waals surface area contributed by atoms with Crippen molar-refractivity contribution in [1.29, 1.82) is 0 Å². The van der Waals surface area contributed by atoms with Crippen LogP contribution < -0.4 is 11.1 Å². The Morgan fingerprint density at radius 1 is 1.35 bits per heavy atom. The number of carbonyl (C=O) groups is 1. The molecule has 3 N–H and O–H groups in total. The summed E-state index contributed by atoms with van der Waals surface area (Å²) in [5, 5.41) is 4.06. The number of nitrogen functional groups attached to an aromatic ring is 1. The molecule has 2 aromatic rings. The molecule has 1 aromatic carbocycles. The SMILES string of the molecule is Nc1cccc2c1ccn2CC(=O)NC1CCOCC1. The summed E-state index contributed by atoms with van der Waals surface area (Å²) in [4.78, 5) is 12.1. The third kappa shape index (κ3) is 2.63. The Labute approximate surface area is 117 Å². The molecule has 0 unspecified atom stereocenters. The first-order valence-corrected chi connectivity index (χ1v) is 6.94. The molecule has 5 nitrogen and oxygen atoms in total. The van der Waals surface area contributed by atoms with E-state index in [1.807, 2.05) is 35.0 Å². The van der Waals surface area contributed by atoms with Crippen LogP contribution >= 0.6 is 0 Å². The maximum absolute atomic E-state index is 12.1. The molecule has 0 saturated carbocycles. The van der Waals surface area contributed by atoms with Gasteiger partial charge in [-0.1, -0.05) is 6.07 Å². The monoisotopic (exact) mass is 273 g/mol. The molecule has 0 bridgehead atoms. The van der Waals surface area contributed by atoms with Gasteiger partial charge in [0.15, 0.2) is 0 Å². The molecule has 106 valence electrons.